The van der Waals surface area contributed by atoms with Gasteiger partial charge in [-0.1, -0.05) is 38.6 Å². The average molecular weight is 236 g/mol. The lowest BCUT2D eigenvalue weighted by molar-refractivity contribution is 0.223. The summed E-state index contributed by atoms with van der Waals surface area (Å²) in [6.45, 7) is 6.30. The monoisotopic (exact) mass is 236 g/mol. The standard InChI is InChI=1S/C10H21FN2OS/c1-3-5-7-13(8-6-4-2)15-9-12-10(11)14/h3-9H2,1-2H3,(H,12,14). The van der Waals surface area contributed by atoms with Gasteiger partial charge in [0.15, 0.2) is 0 Å². The van der Waals surface area contributed by atoms with Gasteiger partial charge in [-0.05, 0) is 12.8 Å². The summed E-state index contributed by atoms with van der Waals surface area (Å²) in [7, 11) is 0. The number of halogens is 1. The van der Waals surface area contributed by atoms with Gasteiger partial charge in [0.1, 0.15) is 0 Å². The Morgan fingerprint density at radius 2 is 1.80 bits per heavy atom. The molecule has 0 rings (SSSR count). The molecule has 0 aromatic heterocycles. The van der Waals surface area contributed by atoms with Gasteiger partial charge in [-0.15, -0.1) is 4.39 Å². The summed E-state index contributed by atoms with van der Waals surface area (Å²) >= 11 is 1.49. The fraction of sp³-hybridized carbons (Fsp3) is 0.900. The van der Waals surface area contributed by atoms with Crippen LogP contribution < -0.4 is 5.32 Å². The smallest absolute Gasteiger partial charge is 0.318 e. The van der Waals surface area contributed by atoms with Crippen molar-refractivity contribution >= 4 is 18.1 Å². The molecule has 0 aromatic rings. The maximum Gasteiger partial charge on any atom is 0.398 e. The van der Waals surface area contributed by atoms with E-state index in [2.05, 4.69) is 23.5 Å². The van der Waals surface area contributed by atoms with Crippen molar-refractivity contribution in [1.29, 1.82) is 0 Å². The first kappa shape index (κ1) is 14.7. The quantitative estimate of drug-likeness (QED) is 0.289. The Hall–Kier alpha value is -0.290. The normalized spacial score (nSPS) is 10.7. The third kappa shape index (κ3) is 10.0. The molecule has 3 nitrogen and oxygen atoms in total. The second-order valence-corrected chi connectivity index (χ2v) is 4.42. The maximum atomic E-state index is 11.9. The van der Waals surface area contributed by atoms with Gasteiger partial charge < -0.3 is 5.32 Å². The molecule has 0 radical (unpaired) electrons. The zero-order valence-corrected chi connectivity index (χ0v) is 10.4. The van der Waals surface area contributed by atoms with Crippen LogP contribution >= 0.6 is 11.9 Å². The van der Waals surface area contributed by atoms with Crippen LogP contribution in [0.15, 0.2) is 0 Å². The molecule has 1 N–H and O–H groups in total. The predicted molar refractivity (Wildman–Crippen MR) is 63.5 cm³/mol. The fourth-order valence-electron chi connectivity index (χ4n) is 1.09. The molecule has 0 heterocycles. The number of nitrogens with one attached hydrogen (secondary N) is 1. The van der Waals surface area contributed by atoms with Gasteiger partial charge in [-0.25, -0.2) is 9.10 Å². The molecular formula is C10H21FN2OS. The Labute approximate surface area is 95.9 Å². The molecule has 0 fully saturated rings. The van der Waals surface area contributed by atoms with Crippen LogP contribution in [0.2, 0.25) is 0 Å². The second kappa shape index (κ2) is 10.2. The van der Waals surface area contributed by atoms with Crippen LogP contribution in [0.5, 0.6) is 0 Å². The van der Waals surface area contributed by atoms with Crippen molar-refractivity contribution in [3.05, 3.63) is 0 Å². The van der Waals surface area contributed by atoms with E-state index in [-0.39, 0.29) is 0 Å². The second-order valence-electron chi connectivity index (χ2n) is 3.36. The summed E-state index contributed by atoms with van der Waals surface area (Å²) in [5.74, 6) is 0.322. The number of rotatable bonds is 9. The van der Waals surface area contributed by atoms with Crippen molar-refractivity contribution in [3.63, 3.8) is 0 Å². The summed E-state index contributed by atoms with van der Waals surface area (Å²) in [5, 5.41) is 2.14. The van der Waals surface area contributed by atoms with Crippen molar-refractivity contribution in [1.82, 2.24) is 9.62 Å². The number of carbonyl (C=O) groups excluding carboxylic acids is 1. The van der Waals surface area contributed by atoms with Crippen molar-refractivity contribution in [2.45, 2.75) is 39.5 Å². The van der Waals surface area contributed by atoms with E-state index in [1.54, 1.807) is 0 Å². The van der Waals surface area contributed by atoms with Gasteiger partial charge in [0, 0.05) is 13.1 Å². The molecule has 0 saturated heterocycles. The molecule has 90 valence electrons. The fourth-order valence-corrected chi connectivity index (χ4v) is 1.97. The third-order valence-corrected chi connectivity index (χ3v) is 2.98. The van der Waals surface area contributed by atoms with E-state index >= 15 is 0 Å². The maximum absolute atomic E-state index is 11.9. The van der Waals surface area contributed by atoms with Crippen LogP contribution in [0.3, 0.4) is 0 Å². The highest BCUT2D eigenvalue weighted by Gasteiger charge is 2.05. The van der Waals surface area contributed by atoms with Crippen molar-refractivity contribution in [2.75, 3.05) is 19.0 Å². The lowest BCUT2D eigenvalue weighted by atomic mass is 10.3. The third-order valence-electron chi connectivity index (χ3n) is 1.98. The Morgan fingerprint density at radius 3 is 2.20 bits per heavy atom. The first-order chi connectivity index (χ1) is 7.20. The van der Waals surface area contributed by atoms with E-state index in [0.29, 0.717) is 5.88 Å². The van der Waals surface area contributed by atoms with Crippen LogP contribution in [0.1, 0.15) is 39.5 Å². The first-order valence-corrected chi connectivity index (χ1v) is 6.46. The first-order valence-electron chi connectivity index (χ1n) is 5.51. The molecule has 0 spiro atoms. The van der Waals surface area contributed by atoms with Gasteiger partial charge in [0.2, 0.25) is 0 Å². The SMILES string of the molecule is CCCCN(CCCC)SCNC(=O)F. The Balaban J connectivity index is 3.63. The minimum atomic E-state index is -1.45. The zero-order chi connectivity index (χ0) is 11.5. The van der Waals surface area contributed by atoms with Crippen LogP contribution in [0.4, 0.5) is 9.18 Å². The number of amides is 1. The molecule has 0 aliphatic carbocycles. The molecule has 0 bridgehead atoms. The Morgan fingerprint density at radius 1 is 1.27 bits per heavy atom. The van der Waals surface area contributed by atoms with Gasteiger partial charge in [0.05, 0.1) is 5.88 Å². The largest absolute Gasteiger partial charge is 0.398 e. The predicted octanol–water partition coefficient (Wildman–Crippen LogP) is 3.17. The number of unbranched alkanes of at least 4 members (excludes halogenated alkanes) is 2. The van der Waals surface area contributed by atoms with Crippen LogP contribution in [0, 0.1) is 0 Å². The highest BCUT2D eigenvalue weighted by atomic mass is 32.2. The summed E-state index contributed by atoms with van der Waals surface area (Å²) in [5.41, 5.74) is 0. The number of hydrogen-bond donors (Lipinski definition) is 1. The molecule has 5 heteroatoms. The van der Waals surface area contributed by atoms with Crippen LogP contribution in [0.25, 0.3) is 0 Å². The van der Waals surface area contributed by atoms with E-state index in [1.165, 1.54) is 11.9 Å². The van der Waals surface area contributed by atoms with Crippen molar-refractivity contribution in [3.8, 4) is 0 Å². The van der Waals surface area contributed by atoms with Gasteiger partial charge in [-0.3, -0.25) is 0 Å². The molecule has 0 unspecified atom stereocenters. The molecule has 0 aliphatic rings. The topological polar surface area (TPSA) is 32.3 Å². The zero-order valence-electron chi connectivity index (χ0n) is 9.59. The van der Waals surface area contributed by atoms with Crippen LogP contribution in [-0.2, 0) is 0 Å². The molecule has 0 atom stereocenters. The molecule has 15 heavy (non-hydrogen) atoms. The van der Waals surface area contributed by atoms with E-state index < -0.39 is 6.16 Å². The van der Waals surface area contributed by atoms with E-state index in [1.807, 2.05) is 0 Å². The molecule has 0 aromatic carbocycles. The van der Waals surface area contributed by atoms with Crippen LogP contribution in [-0.4, -0.2) is 29.4 Å². The van der Waals surface area contributed by atoms with Crippen molar-refractivity contribution < 1.29 is 9.18 Å². The molecular weight excluding hydrogens is 215 g/mol. The van der Waals surface area contributed by atoms with Gasteiger partial charge in [0.25, 0.3) is 0 Å². The number of hydrogen-bond acceptors (Lipinski definition) is 3. The molecule has 0 aliphatic heterocycles. The summed E-state index contributed by atoms with van der Waals surface area (Å²) < 4.78 is 14.1. The van der Waals surface area contributed by atoms with Gasteiger partial charge >= 0.3 is 6.16 Å². The Kier molecular flexibility index (Phi) is 10.0. The summed E-state index contributed by atoms with van der Waals surface area (Å²) in [6, 6.07) is 0. The van der Waals surface area contributed by atoms with E-state index in [9.17, 15) is 9.18 Å². The highest BCUT2D eigenvalue weighted by Crippen LogP contribution is 2.11. The lowest BCUT2D eigenvalue weighted by Crippen LogP contribution is -2.24. The molecule has 0 saturated carbocycles. The highest BCUT2D eigenvalue weighted by molar-refractivity contribution is 7.96. The summed E-state index contributed by atoms with van der Waals surface area (Å²) in [4.78, 5) is 10.0. The van der Waals surface area contributed by atoms with Crippen molar-refractivity contribution in [2.24, 2.45) is 0 Å². The minimum Gasteiger partial charge on any atom is -0.318 e. The number of carbonyl (C=O) groups is 1. The molecule has 1 amide bonds. The van der Waals surface area contributed by atoms with E-state index in [4.69, 9.17) is 0 Å². The summed E-state index contributed by atoms with van der Waals surface area (Å²) in [6.07, 6.45) is 3.13. The minimum absolute atomic E-state index is 0.322. The number of nitrogens with zero attached hydrogens (tertiary/aromatic N) is 1. The lowest BCUT2D eigenvalue weighted by Gasteiger charge is -2.20. The average Bonchev–Trinajstić information content (AvgIpc) is 2.20. The Bertz CT molecular complexity index is 162. The van der Waals surface area contributed by atoms with E-state index in [0.717, 1.165) is 38.8 Å². The van der Waals surface area contributed by atoms with Gasteiger partial charge in [-0.2, -0.15) is 0 Å².